The van der Waals surface area contributed by atoms with E-state index in [1.807, 2.05) is 56.3 Å². The number of aromatic nitrogens is 1. The van der Waals surface area contributed by atoms with Gasteiger partial charge >= 0.3 is 5.97 Å². The second-order valence-corrected chi connectivity index (χ2v) is 17.3. The van der Waals surface area contributed by atoms with E-state index in [2.05, 4.69) is 20.9 Å². The van der Waals surface area contributed by atoms with E-state index in [0.29, 0.717) is 19.5 Å². The Labute approximate surface area is 348 Å². The molecule has 7 N–H and O–H groups in total. The van der Waals surface area contributed by atoms with E-state index in [9.17, 15) is 34.8 Å². The van der Waals surface area contributed by atoms with E-state index in [1.165, 1.54) is 20.8 Å². The van der Waals surface area contributed by atoms with Gasteiger partial charge in [0.05, 0.1) is 59.9 Å². The maximum Gasteiger partial charge on any atom is 0.316 e. The van der Waals surface area contributed by atoms with Gasteiger partial charge in [0.2, 0.25) is 5.91 Å². The second-order valence-electron chi connectivity index (χ2n) is 17.3. The molecule has 2 aliphatic heterocycles. The first-order valence-electron chi connectivity index (χ1n) is 20.9. The number of anilines is 1. The van der Waals surface area contributed by atoms with E-state index in [0.717, 1.165) is 16.6 Å². The van der Waals surface area contributed by atoms with Gasteiger partial charge in [-0.3, -0.25) is 19.4 Å². The highest BCUT2D eigenvalue weighted by Crippen LogP contribution is 2.36. The lowest BCUT2D eigenvalue weighted by molar-refractivity contribution is -0.298. The highest BCUT2D eigenvalue weighted by Gasteiger charge is 2.51. The molecule has 0 saturated carbocycles. The molecule has 2 saturated heterocycles. The number of ketones is 1. The fourth-order valence-corrected chi connectivity index (χ4v) is 8.32. The van der Waals surface area contributed by atoms with Crippen LogP contribution in [-0.4, -0.2) is 155 Å². The van der Waals surface area contributed by atoms with Crippen molar-refractivity contribution in [3.05, 3.63) is 36.5 Å². The number of para-hydroxylation sites is 1. The normalized spacial score (nSPS) is 36.1. The molecule has 16 heteroatoms. The molecule has 59 heavy (non-hydrogen) atoms. The molecule has 0 aliphatic carbocycles. The van der Waals surface area contributed by atoms with Crippen LogP contribution in [0.2, 0.25) is 0 Å². The molecule has 1 aromatic carbocycles. The number of carbonyl (C=O) groups is 3. The van der Waals surface area contributed by atoms with E-state index in [4.69, 9.17) is 18.9 Å². The number of nitrogens with one attached hydrogen (secondary N) is 3. The Kier molecular flexibility index (Phi) is 17.2. The number of likely N-dealkylation sites (N-methyl/N-ethyl adjacent to an activating group) is 1. The summed E-state index contributed by atoms with van der Waals surface area (Å²) in [6, 6.07) is 8.84. The first kappa shape index (κ1) is 48.3. The van der Waals surface area contributed by atoms with Crippen LogP contribution in [0, 0.1) is 17.8 Å². The van der Waals surface area contributed by atoms with Crippen LogP contribution in [-0.2, 0) is 33.3 Å². The second kappa shape index (κ2) is 21.0. The number of aliphatic hydroxyl groups excluding tert-OH is 3. The number of esters is 1. The fourth-order valence-electron chi connectivity index (χ4n) is 8.32. The SMILES string of the molecule is CC[C@H]1OC(=O)[C@H](C)C(=O)[C@H](C)[C@@H](O[C@@H]2O[C@H](C)C[C@H](N(C)C)[C@H]2O)[C@](C)(OCC(O)CNCCNc2cnc3ccccc3c2)C[C@@H](C)NC(=O)[C@H](C)[C@@H](O)[C@]1(C)O. The molecule has 1 amide bonds. The number of carbonyl (C=O) groups excluding carboxylic acids is 3. The Morgan fingerprint density at radius 2 is 1.75 bits per heavy atom. The van der Waals surface area contributed by atoms with Gasteiger partial charge in [0.1, 0.15) is 23.7 Å². The van der Waals surface area contributed by atoms with Crippen molar-refractivity contribution in [3.8, 4) is 0 Å². The van der Waals surface area contributed by atoms with E-state index < -0.39 is 89.5 Å². The quantitative estimate of drug-likeness (QED) is 0.0872. The number of hydrogen-bond donors (Lipinski definition) is 7. The van der Waals surface area contributed by atoms with Crippen molar-refractivity contribution in [1.29, 1.82) is 0 Å². The molecule has 4 rings (SSSR count). The average Bonchev–Trinajstić information content (AvgIpc) is 3.19. The molecule has 2 fully saturated rings. The number of amides is 1. The summed E-state index contributed by atoms with van der Waals surface area (Å²) in [4.78, 5) is 48.0. The molecule has 14 atom stereocenters. The number of hydrogen-bond acceptors (Lipinski definition) is 15. The van der Waals surface area contributed by atoms with Gasteiger partial charge in [-0.25, -0.2) is 0 Å². The number of fused-ring (bicyclic) bond motifs is 1. The summed E-state index contributed by atoms with van der Waals surface area (Å²) < 4.78 is 25.1. The monoisotopic (exact) mass is 831 g/mol. The topological polar surface area (TPSA) is 221 Å². The smallest absolute Gasteiger partial charge is 0.316 e. The van der Waals surface area contributed by atoms with Gasteiger partial charge in [-0.05, 0) is 80.1 Å². The maximum atomic E-state index is 14.4. The molecule has 1 aromatic heterocycles. The summed E-state index contributed by atoms with van der Waals surface area (Å²) in [6.45, 7) is 13.7. The van der Waals surface area contributed by atoms with Crippen LogP contribution >= 0.6 is 0 Å². The van der Waals surface area contributed by atoms with Crippen molar-refractivity contribution >= 4 is 34.3 Å². The largest absolute Gasteiger partial charge is 0.459 e. The lowest BCUT2D eigenvalue weighted by Crippen LogP contribution is -2.60. The molecule has 0 spiro atoms. The molecule has 332 valence electrons. The summed E-state index contributed by atoms with van der Waals surface area (Å²) in [5.41, 5.74) is -1.74. The number of ether oxygens (including phenoxy) is 4. The summed E-state index contributed by atoms with van der Waals surface area (Å²) in [5.74, 6) is -5.64. The van der Waals surface area contributed by atoms with Crippen molar-refractivity contribution in [2.24, 2.45) is 17.8 Å². The Bertz CT molecular complexity index is 1700. The third-order valence-electron chi connectivity index (χ3n) is 11.9. The Morgan fingerprint density at radius 1 is 1.05 bits per heavy atom. The van der Waals surface area contributed by atoms with Gasteiger partial charge < -0.3 is 60.2 Å². The van der Waals surface area contributed by atoms with Gasteiger partial charge in [-0.1, -0.05) is 39.0 Å². The zero-order valence-corrected chi connectivity index (χ0v) is 36.4. The average molecular weight is 832 g/mol. The van der Waals surface area contributed by atoms with Gasteiger partial charge in [-0.2, -0.15) is 0 Å². The van der Waals surface area contributed by atoms with Crippen molar-refractivity contribution < 1.29 is 53.8 Å². The number of Topliss-reactive ketones (excluding diaryl/α,β-unsaturated/α-hetero) is 1. The predicted octanol–water partition coefficient (Wildman–Crippen LogP) is 2.00. The Hall–Kier alpha value is -3.32. The predicted molar refractivity (Wildman–Crippen MR) is 222 cm³/mol. The van der Waals surface area contributed by atoms with Crippen LogP contribution in [0.3, 0.4) is 0 Å². The third-order valence-corrected chi connectivity index (χ3v) is 11.9. The number of nitrogens with zero attached hydrogens (tertiary/aromatic N) is 2. The van der Waals surface area contributed by atoms with Crippen LogP contribution < -0.4 is 16.0 Å². The first-order valence-corrected chi connectivity index (χ1v) is 20.9. The van der Waals surface area contributed by atoms with Crippen molar-refractivity contribution in [1.82, 2.24) is 20.5 Å². The number of cyclic esters (lactones) is 1. The standard InChI is InChI=1S/C43H69N5O11/c1-11-34-43(8,55)37(52)28(6)39(53)47-24(2)20-42(7,56-23-31(49)22-44-16-17-45-30-19-29-14-12-13-15-32(29)46-21-30)38(26(4)35(50)27(5)40(54)58-34)59-41-36(51)33(48(9)10)18-25(3)57-41/h12-15,19,21,24-28,31,33-34,36-38,41,44-45,49,51-52,55H,11,16-18,20,22-23H2,1-10H3,(H,47,53)/t24-,25-,26+,27-,28-,31?,33+,34-,36-,37-,38-,41+,42-,43-/m1/s1. The molecule has 1 unspecified atom stereocenters. The molecular formula is C43H69N5O11. The maximum absolute atomic E-state index is 14.4. The van der Waals surface area contributed by atoms with Crippen molar-refractivity contribution in [3.63, 3.8) is 0 Å². The van der Waals surface area contributed by atoms with Crippen LogP contribution in [0.1, 0.15) is 74.7 Å². The summed E-state index contributed by atoms with van der Waals surface area (Å²) >= 11 is 0. The third kappa shape index (κ3) is 12.2. The van der Waals surface area contributed by atoms with Gasteiger partial charge in [0.15, 0.2) is 12.1 Å². The summed E-state index contributed by atoms with van der Waals surface area (Å²) in [6.07, 6.45) is -5.37. The zero-order valence-electron chi connectivity index (χ0n) is 36.4. The minimum Gasteiger partial charge on any atom is -0.459 e. The Morgan fingerprint density at radius 3 is 2.42 bits per heavy atom. The Balaban J connectivity index is 1.61. The number of rotatable bonds is 13. The van der Waals surface area contributed by atoms with Gasteiger partial charge in [0, 0.05) is 43.0 Å². The molecule has 2 aliphatic rings. The summed E-state index contributed by atoms with van der Waals surface area (Å²) in [5, 5.41) is 55.9. The van der Waals surface area contributed by atoms with E-state index in [1.54, 1.807) is 33.9 Å². The van der Waals surface area contributed by atoms with Crippen molar-refractivity contribution in [2.75, 3.05) is 45.7 Å². The highest BCUT2D eigenvalue weighted by molar-refractivity contribution is 6.00. The lowest BCUT2D eigenvalue weighted by Gasteiger charge is -2.47. The van der Waals surface area contributed by atoms with Crippen molar-refractivity contribution in [2.45, 2.75) is 141 Å². The van der Waals surface area contributed by atoms with Gasteiger partial charge in [0.25, 0.3) is 0 Å². The van der Waals surface area contributed by atoms with Crippen LogP contribution in [0.25, 0.3) is 10.9 Å². The molecule has 0 bridgehead atoms. The summed E-state index contributed by atoms with van der Waals surface area (Å²) in [7, 11) is 3.68. The van der Waals surface area contributed by atoms with E-state index in [-0.39, 0.29) is 38.1 Å². The first-order chi connectivity index (χ1) is 27.7. The molecule has 16 nitrogen and oxygen atoms in total. The van der Waals surface area contributed by atoms with Crippen LogP contribution in [0.15, 0.2) is 36.5 Å². The molecule has 3 heterocycles. The number of benzene rings is 1. The molecule has 0 radical (unpaired) electrons. The van der Waals surface area contributed by atoms with Crippen LogP contribution in [0.5, 0.6) is 0 Å². The minimum atomic E-state index is -2.04. The number of pyridine rings is 1. The minimum absolute atomic E-state index is 0.0238. The fraction of sp³-hybridized carbons (Fsp3) is 0.721. The van der Waals surface area contributed by atoms with E-state index >= 15 is 0 Å². The lowest BCUT2D eigenvalue weighted by atomic mass is 9.79. The number of aliphatic hydroxyl groups is 4. The zero-order chi connectivity index (χ0) is 43.8. The highest BCUT2D eigenvalue weighted by atomic mass is 16.7. The van der Waals surface area contributed by atoms with Crippen LogP contribution in [0.4, 0.5) is 5.69 Å². The molecule has 2 aromatic rings. The molecular weight excluding hydrogens is 762 g/mol. The van der Waals surface area contributed by atoms with Gasteiger partial charge in [-0.15, -0.1) is 0 Å².